The largest absolute Gasteiger partial charge is 0.354 e. The molecule has 2 heterocycles. The van der Waals surface area contributed by atoms with Gasteiger partial charge in [0.15, 0.2) is 0 Å². The van der Waals surface area contributed by atoms with Gasteiger partial charge < -0.3 is 9.55 Å². The lowest BCUT2D eigenvalue weighted by Crippen LogP contribution is -1.95. The number of para-hydroxylation sites is 3. The van der Waals surface area contributed by atoms with Crippen molar-refractivity contribution in [3.8, 4) is 27.9 Å². The Labute approximate surface area is 288 Å². The summed E-state index contributed by atoms with van der Waals surface area (Å²) in [5, 5.41) is 12.7. The molecule has 0 aliphatic heterocycles. The minimum Gasteiger partial charge on any atom is -0.354 e. The summed E-state index contributed by atoms with van der Waals surface area (Å²) < 4.78 is 2.43. The molecule has 11 rings (SSSR count). The Balaban J connectivity index is 1.16. The highest BCUT2D eigenvalue weighted by Crippen LogP contribution is 2.41. The minimum absolute atomic E-state index is 1.15. The average molecular weight is 635 g/mol. The number of H-pyrrole nitrogens is 1. The number of rotatable bonds is 3. The zero-order valence-corrected chi connectivity index (χ0v) is 27.2. The van der Waals surface area contributed by atoms with Crippen LogP contribution in [0.1, 0.15) is 0 Å². The Morgan fingerprint density at radius 2 is 0.840 bits per heavy atom. The molecular formula is C48H30N2. The van der Waals surface area contributed by atoms with Gasteiger partial charge in [-0.1, -0.05) is 133 Å². The summed E-state index contributed by atoms with van der Waals surface area (Å²) in [5.41, 5.74) is 10.7. The predicted molar refractivity (Wildman–Crippen MR) is 214 cm³/mol. The van der Waals surface area contributed by atoms with Crippen LogP contribution in [0.3, 0.4) is 0 Å². The van der Waals surface area contributed by atoms with Crippen LogP contribution in [-0.2, 0) is 0 Å². The van der Waals surface area contributed by atoms with Crippen LogP contribution >= 0.6 is 0 Å². The number of hydrogen-bond acceptors (Lipinski definition) is 0. The maximum Gasteiger partial charge on any atom is 0.0546 e. The van der Waals surface area contributed by atoms with Crippen molar-refractivity contribution in [2.75, 3.05) is 0 Å². The third kappa shape index (κ3) is 3.90. The molecule has 0 radical (unpaired) electrons. The summed E-state index contributed by atoms with van der Waals surface area (Å²) >= 11 is 0. The average Bonchev–Trinajstić information content (AvgIpc) is 3.73. The van der Waals surface area contributed by atoms with Gasteiger partial charge in [-0.05, 0) is 91.5 Å². The second-order valence-electron chi connectivity index (χ2n) is 13.4. The maximum atomic E-state index is 3.80. The van der Waals surface area contributed by atoms with Gasteiger partial charge in [-0.2, -0.15) is 0 Å². The van der Waals surface area contributed by atoms with Gasteiger partial charge in [0.05, 0.1) is 16.6 Å². The first-order valence-corrected chi connectivity index (χ1v) is 17.3. The highest BCUT2D eigenvalue weighted by atomic mass is 15.0. The maximum absolute atomic E-state index is 3.80. The molecule has 11 aromatic rings. The number of aromatic amines is 1. The second-order valence-corrected chi connectivity index (χ2v) is 13.4. The lowest BCUT2D eigenvalue weighted by atomic mass is 9.91. The summed E-state index contributed by atoms with van der Waals surface area (Å²) in [6.07, 6.45) is 0. The van der Waals surface area contributed by atoms with Crippen LogP contribution < -0.4 is 0 Å². The van der Waals surface area contributed by atoms with Crippen LogP contribution in [-0.4, -0.2) is 9.55 Å². The predicted octanol–water partition coefficient (Wildman–Crippen LogP) is 13.2. The molecule has 9 aromatic carbocycles. The smallest absolute Gasteiger partial charge is 0.0546 e. The van der Waals surface area contributed by atoms with Gasteiger partial charge in [0.1, 0.15) is 0 Å². The Kier molecular flexibility index (Phi) is 5.70. The monoisotopic (exact) mass is 634 g/mol. The molecule has 0 unspecified atom stereocenters. The summed E-state index contributed by atoms with van der Waals surface area (Å²) in [5.74, 6) is 0. The third-order valence-corrected chi connectivity index (χ3v) is 10.7. The fraction of sp³-hybridized carbons (Fsp3) is 0. The van der Waals surface area contributed by atoms with E-state index in [9.17, 15) is 0 Å². The van der Waals surface area contributed by atoms with E-state index >= 15 is 0 Å². The lowest BCUT2D eigenvalue weighted by Gasteiger charge is -2.14. The molecule has 2 heteroatoms. The van der Waals surface area contributed by atoms with Crippen LogP contribution in [0.25, 0.3) is 104 Å². The summed E-state index contributed by atoms with van der Waals surface area (Å²) in [6.45, 7) is 0. The van der Waals surface area contributed by atoms with Gasteiger partial charge in [-0.25, -0.2) is 0 Å². The molecule has 0 bridgehead atoms. The normalized spacial score (nSPS) is 12.0. The van der Waals surface area contributed by atoms with E-state index in [1.54, 1.807) is 0 Å². The molecule has 2 aromatic heterocycles. The zero-order chi connectivity index (χ0) is 32.8. The van der Waals surface area contributed by atoms with Crippen LogP contribution in [0.5, 0.6) is 0 Å². The molecule has 0 aliphatic carbocycles. The third-order valence-electron chi connectivity index (χ3n) is 10.7. The summed E-state index contributed by atoms with van der Waals surface area (Å²) in [7, 11) is 0. The van der Waals surface area contributed by atoms with Gasteiger partial charge in [0, 0.05) is 38.3 Å². The van der Waals surface area contributed by atoms with Gasteiger partial charge >= 0.3 is 0 Å². The molecule has 0 fully saturated rings. The van der Waals surface area contributed by atoms with Crippen LogP contribution in [0.2, 0.25) is 0 Å². The van der Waals surface area contributed by atoms with Gasteiger partial charge in [-0.15, -0.1) is 0 Å². The molecular weight excluding hydrogens is 605 g/mol. The number of fused-ring (bicyclic) bond motifs is 12. The molecule has 0 saturated heterocycles. The number of nitrogens with one attached hydrogen (secondary N) is 1. The standard InChI is InChI=1S/C48H30N2/c1-2-16-36-34(14-1)35-15-3-4-17-37(35)43-27-31(24-25-38(36)43)30-12-11-13-32(26-30)42-28-33(29-44-39-18-5-8-21-45(39)49-48(42)44)50-46-22-9-6-19-40(46)41-20-7-10-23-47(41)50/h1-29,49H. The zero-order valence-electron chi connectivity index (χ0n) is 27.2. The van der Waals surface area contributed by atoms with E-state index in [1.807, 2.05) is 0 Å². The fourth-order valence-corrected chi connectivity index (χ4v) is 8.45. The number of aromatic nitrogens is 2. The minimum atomic E-state index is 1.15. The summed E-state index contributed by atoms with van der Waals surface area (Å²) in [4.78, 5) is 3.80. The molecule has 232 valence electrons. The first kappa shape index (κ1) is 27.3. The van der Waals surface area contributed by atoms with Gasteiger partial charge in [0.25, 0.3) is 0 Å². The van der Waals surface area contributed by atoms with Crippen molar-refractivity contribution in [2.45, 2.75) is 0 Å². The number of hydrogen-bond donors (Lipinski definition) is 1. The van der Waals surface area contributed by atoms with Crippen molar-refractivity contribution < 1.29 is 0 Å². The Bertz CT molecular complexity index is 3070. The van der Waals surface area contributed by atoms with Crippen molar-refractivity contribution in [3.63, 3.8) is 0 Å². The van der Waals surface area contributed by atoms with E-state index in [1.165, 1.54) is 87.1 Å². The van der Waals surface area contributed by atoms with E-state index in [0.717, 1.165) is 16.7 Å². The van der Waals surface area contributed by atoms with Gasteiger partial charge in [-0.3, -0.25) is 0 Å². The quantitative estimate of drug-likeness (QED) is 0.187. The van der Waals surface area contributed by atoms with Crippen LogP contribution in [0.15, 0.2) is 176 Å². The van der Waals surface area contributed by atoms with E-state index in [2.05, 4.69) is 185 Å². The Morgan fingerprint density at radius 1 is 0.320 bits per heavy atom. The van der Waals surface area contributed by atoms with Crippen molar-refractivity contribution in [1.82, 2.24) is 9.55 Å². The SMILES string of the molecule is c1cc(-c2ccc3c4ccccc4c4ccccc4c3c2)cc(-c2cc(-n3c4ccccc4c4ccccc43)cc3c2[nH]c2ccccc23)c1. The molecule has 0 saturated carbocycles. The summed E-state index contributed by atoms with van der Waals surface area (Å²) in [6, 6.07) is 64.5. The van der Waals surface area contributed by atoms with E-state index in [0.29, 0.717) is 0 Å². The van der Waals surface area contributed by atoms with Crippen molar-refractivity contribution in [3.05, 3.63) is 176 Å². The van der Waals surface area contributed by atoms with E-state index in [4.69, 9.17) is 0 Å². The van der Waals surface area contributed by atoms with Gasteiger partial charge in [0.2, 0.25) is 0 Å². The first-order chi connectivity index (χ1) is 24.8. The second kappa shape index (κ2) is 10.4. The molecule has 50 heavy (non-hydrogen) atoms. The van der Waals surface area contributed by atoms with Crippen molar-refractivity contribution in [1.29, 1.82) is 0 Å². The molecule has 0 aliphatic rings. The fourth-order valence-electron chi connectivity index (χ4n) is 8.45. The van der Waals surface area contributed by atoms with Crippen LogP contribution in [0, 0.1) is 0 Å². The molecule has 0 spiro atoms. The molecule has 0 atom stereocenters. The van der Waals surface area contributed by atoms with E-state index < -0.39 is 0 Å². The Hall–Kier alpha value is -6.64. The topological polar surface area (TPSA) is 20.7 Å². The lowest BCUT2D eigenvalue weighted by molar-refractivity contribution is 1.19. The molecule has 0 amide bonds. The van der Waals surface area contributed by atoms with Crippen molar-refractivity contribution >= 4 is 75.9 Å². The molecule has 1 N–H and O–H groups in total. The number of nitrogens with zero attached hydrogens (tertiary/aromatic N) is 1. The highest BCUT2D eigenvalue weighted by Gasteiger charge is 2.17. The van der Waals surface area contributed by atoms with E-state index in [-0.39, 0.29) is 0 Å². The first-order valence-electron chi connectivity index (χ1n) is 17.3. The van der Waals surface area contributed by atoms with Crippen molar-refractivity contribution in [2.24, 2.45) is 0 Å². The highest BCUT2D eigenvalue weighted by molar-refractivity contribution is 6.25. The Morgan fingerprint density at radius 3 is 1.52 bits per heavy atom. The number of benzene rings is 9. The van der Waals surface area contributed by atoms with Crippen LogP contribution in [0.4, 0.5) is 0 Å². The molecule has 2 nitrogen and oxygen atoms in total.